The highest BCUT2D eigenvalue weighted by Gasteiger charge is 2.40. The van der Waals surface area contributed by atoms with Gasteiger partial charge in [0.1, 0.15) is 18.3 Å². The van der Waals surface area contributed by atoms with Crippen LogP contribution in [0.1, 0.15) is 64.2 Å². The van der Waals surface area contributed by atoms with E-state index in [0.717, 1.165) is 64.2 Å². The van der Waals surface area contributed by atoms with Gasteiger partial charge in [0.15, 0.2) is 6.10 Å². The zero-order valence-electron chi connectivity index (χ0n) is 14.8. The third-order valence-electron chi connectivity index (χ3n) is 5.70. The van der Waals surface area contributed by atoms with Gasteiger partial charge in [-0.3, -0.25) is 4.79 Å². The fourth-order valence-electron chi connectivity index (χ4n) is 4.20. The zero-order valence-corrected chi connectivity index (χ0v) is 14.8. The predicted octanol–water partition coefficient (Wildman–Crippen LogP) is -0.0837. The number of nitrogens with zero attached hydrogens (tertiary/aromatic N) is 1. The van der Waals surface area contributed by atoms with Crippen LogP contribution in [0.2, 0.25) is 0 Å². The monoisotopic (exact) mass is 359 g/mol. The summed E-state index contributed by atoms with van der Waals surface area (Å²) in [5.74, 6) is -0.574. The summed E-state index contributed by atoms with van der Waals surface area (Å²) in [6.07, 6.45) is 3.06. The second kappa shape index (κ2) is 9.83. The van der Waals surface area contributed by atoms with Gasteiger partial charge in [0, 0.05) is 12.1 Å². The van der Waals surface area contributed by atoms with Crippen LogP contribution in [0.25, 0.3) is 0 Å². The second-order valence-corrected chi connectivity index (χ2v) is 7.51. The maximum atomic E-state index is 13.0. The third-order valence-corrected chi connectivity index (χ3v) is 5.70. The summed E-state index contributed by atoms with van der Waals surface area (Å²) in [5, 5.41) is 48.6. The summed E-state index contributed by atoms with van der Waals surface area (Å²) < 4.78 is 0. The smallest absolute Gasteiger partial charge is 0.254 e. The molecular weight excluding hydrogens is 326 g/mol. The molecule has 5 N–H and O–H groups in total. The largest absolute Gasteiger partial charge is 0.394 e. The molecule has 25 heavy (non-hydrogen) atoms. The molecule has 2 rings (SSSR count). The number of carbonyl (C=O) groups is 1. The molecule has 0 saturated heterocycles. The SMILES string of the molecule is O=C([C@H](O)[C@H](O)[C@H](O)[C@H](O)CO)N(C1CCCCC1)C1CCCCC1. The first-order chi connectivity index (χ1) is 12.0. The minimum Gasteiger partial charge on any atom is -0.394 e. The molecule has 7 nitrogen and oxygen atoms in total. The zero-order chi connectivity index (χ0) is 18.4. The van der Waals surface area contributed by atoms with Gasteiger partial charge in [-0.15, -0.1) is 0 Å². The van der Waals surface area contributed by atoms with Crippen LogP contribution in [-0.4, -0.2) is 79.4 Å². The van der Waals surface area contributed by atoms with Crippen molar-refractivity contribution in [1.82, 2.24) is 4.90 Å². The van der Waals surface area contributed by atoms with Crippen LogP contribution in [0.5, 0.6) is 0 Å². The van der Waals surface area contributed by atoms with Crippen molar-refractivity contribution in [3.05, 3.63) is 0 Å². The normalized spacial score (nSPS) is 25.2. The highest BCUT2D eigenvalue weighted by Crippen LogP contribution is 2.31. The maximum Gasteiger partial charge on any atom is 0.254 e. The van der Waals surface area contributed by atoms with Crippen LogP contribution < -0.4 is 0 Å². The highest BCUT2D eigenvalue weighted by atomic mass is 16.4. The first-order valence-electron chi connectivity index (χ1n) is 9.62. The van der Waals surface area contributed by atoms with Gasteiger partial charge in [0.2, 0.25) is 0 Å². The Morgan fingerprint density at radius 3 is 1.64 bits per heavy atom. The molecule has 2 aliphatic carbocycles. The molecule has 146 valence electrons. The van der Waals surface area contributed by atoms with E-state index in [4.69, 9.17) is 5.11 Å². The number of aliphatic hydroxyl groups excluding tert-OH is 5. The van der Waals surface area contributed by atoms with E-state index in [9.17, 15) is 25.2 Å². The first kappa shape index (κ1) is 20.6. The van der Waals surface area contributed by atoms with Crippen LogP contribution in [0.15, 0.2) is 0 Å². The van der Waals surface area contributed by atoms with Crippen molar-refractivity contribution in [2.24, 2.45) is 0 Å². The van der Waals surface area contributed by atoms with E-state index >= 15 is 0 Å². The Morgan fingerprint density at radius 1 is 0.800 bits per heavy atom. The Morgan fingerprint density at radius 2 is 1.24 bits per heavy atom. The Labute approximate surface area is 149 Å². The van der Waals surface area contributed by atoms with Crippen molar-refractivity contribution in [1.29, 1.82) is 0 Å². The minimum atomic E-state index is -1.83. The van der Waals surface area contributed by atoms with Crippen LogP contribution in [0.4, 0.5) is 0 Å². The van der Waals surface area contributed by atoms with Crippen LogP contribution in [0, 0.1) is 0 Å². The molecular formula is C18H33NO6. The summed E-state index contributed by atoms with van der Waals surface area (Å²) in [6, 6.07) is 0.122. The van der Waals surface area contributed by atoms with Gasteiger partial charge in [-0.1, -0.05) is 38.5 Å². The van der Waals surface area contributed by atoms with Gasteiger partial charge in [0.05, 0.1) is 6.61 Å². The summed E-state index contributed by atoms with van der Waals surface area (Å²) in [4.78, 5) is 14.7. The molecule has 0 aromatic carbocycles. The number of hydrogen-bond acceptors (Lipinski definition) is 6. The van der Waals surface area contributed by atoms with E-state index in [1.165, 1.54) is 0 Å². The van der Waals surface area contributed by atoms with Gasteiger partial charge < -0.3 is 30.4 Å². The summed E-state index contributed by atoms with van der Waals surface area (Å²) in [6.45, 7) is -0.756. The van der Waals surface area contributed by atoms with Crippen molar-refractivity contribution in [3.8, 4) is 0 Å². The van der Waals surface area contributed by atoms with Crippen molar-refractivity contribution >= 4 is 5.91 Å². The third kappa shape index (κ3) is 5.14. The number of hydrogen-bond donors (Lipinski definition) is 5. The molecule has 0 bridgehead atoms. The lowest BCUT2D eigenvalue weighted by Crippen LogP contribution is -2.57. The molecule has 2 saturated carbocycles. The molecule has 2 aliphatic rings. The Balaban J connectivity index is 2.12. The second-order valence-electron chi connectivity index (χ2n) is 7.51. The molecule has 7 heteroatoms. The lowest BCUT2D eigenvalue weighted by atomic mass is 9.87. The average molecular weight is 359 g/mol. The van der Waals surface area contributed by atoms with E-state index in [-0.39, 0.29) is 12.1 Å². The molecule has 4 atom stereocenters. The molecule has 0 aliphatic heterocycles. The predicted molar refractivity (Wildman–Crippen MR) is 91.7 cm³/mol. The van der Waals surface area contributed by atoms with E-state index in [1.807, 2.05) is 0 Å². The van der Waals surface area contributed by atoms with Crippen LogP contribution in [-0.2, 0) is 4.79 Å². The minimum absolute atomic E-state index is 0.0612. The maximum absolute atomic E-state index is 13.0. The molecule has 1 amide bonds. The summed E-state index contributed by atoms with van der Waals surface area (Å²) in [7, 11) is 0. The van der Waals surface area contributed by atoms with Crippen molar-refractivity contribution < 1.29 is 30.3 Å². The molecule has 2 fully saturated rings. The molecule has 0 unspecified atom stereocenters. The fourth-order valence-corrected chi connectivity index (χ4v) is 4.20. The van der Waals surface area contributed by atoms with Gasteiger partial charge in [-0.25, -0.2) is 0 Å². The number of carbonyl (C=O) groups excluding carboxylic acids is 1. The van der Waals surface area contributed by atoms with Gasteiger partial charge in [-0.2, -0.15) is 0 Å². The lowest BCUT2D eigenvalue weighted by Gasteiger charge is -2.43. The number of rotatable bonds is 7. The topological polar surface area (TPSA) is 121 Å². The molecule has 0 heterocycles. The van der Waals surface area contributed by atoms with Gasteiger partial charge in [0.25, 0.3) is 5.91 Å². The van der Waals surface area contributed by atoms with E-state index < -0.39 is 36.9 Å². The highest BCUT2D eigenvalue weighted by molar-refractivity contribution is 5.82. The van der Waals surface area contributed by atoms with Crippen LogP contribution in [0.3, 0.4) is 0 Å². The quantitative estimate of drug-likeness (QED) is 0.433. The standard InChI is InChI=1S/C18H33NO6/c20-11-14(21)15(22)16(23)17(24)18(25)19(12-7-3-1-4-8-12)13-9-5-2-6-10-13/h12-17,20-24H,1-11H2/t14-,15-,16-,17-/m1/s1. The fraction of sp³-hybridized carbons (Fsp3) is 0.944. The Hall–Kier alpha value is -0.730. The lowest BCUT2D eigenvalue weighted by molar-refractivity contribution is -0.164. The van der Waals surface area contributed by atoms with Gasteiger partial charge >= 0.3 is 0 Å². The summed E-state index contributed by atoms with van der Waals surface area (Å²) in [5.41, 5.74) is 0. The van der Waals surface area contributed by atoms with Crippen LogP contribution >= 0.6 is 0 Å². The molecule has 0 spiro atoms. The van der Waals surface area contributed by atoms with Crippen molar-refractivity contribution in [2.75, 3.05) is 6.61 Å². The molecule has 0 aromatic heterocycles. The summed E-state index contributed by atoms with van der Waals surface area (Å²) >= 11 is 0. The Bertz CT molecular complexity index is 390. The first-order valence-corrected chi connectivity index (χ1v) is 9.62. The van der Waals surface area contributed by atoms with Crippen molar-refractivity contribution in [3.63, 3.8) is 0 Å². The van der Waals surface area contributed by atoms with Gasteiger partial charge in [-0.05, 0) is 25.7 Å². The molecule has 0 radical (unpaired) electrons. The Kier molecular flexibility index (Phi) is 8.09. The number of amides is 1. The molecule has 0 aromatic rings. The average Bonchev–Trinajstić information content (AvgIpc) is 2.67. The van der Waals surface area contributed by atoms with E-state index in [1.54, 1.807) is 4.90 Å². The number of aliphatic hydroxyl groups is 5. The van der Waals surface area contributed by atoms with Crippen molar-refractivity contribution in [2.45, 2.75) is 101 Å². The van der Waals surface area contributed by atoms with E-state index in [2.05, 4.69) is 0 Å². The van der Waals surface area contributed by atoms with E-state index in [0.29, 0.717) is 0 Å².